The molecule has 0 aliphatic rings. The number of ether oxygens (including phenoxy) is 1. The first-order valence-electron chi connectivity index (χ1n) is 5.08. The van der Waals surface area contributed by atoms with Crippen molar-refractivity contribution in [3.8, 4) is 11.5 Å². The summed E-state index contributed by atoms with van der Waals surface area (Å²) in [4.78, 5) is 0. The Morgan fingerprint density at radius 2 is 1.83 bits per heavy atom. The van der Waals surface area contributed by atoms with Gasteiger partial charge in [0.05, 0.1) is 5.02 Å². The highest BCUT2D eigenvalue weighted by atomic mass is 79.9. The monoisotopic (exact) mass is 332 g/mol. The lowest BCUT2D eigenvalue weighted by Gasteiger charge is -2.12. The molecule has 0 aromatic heterocycles. The number of benzene rings is 2. The van der Waals surface area contributed by atoms with Crippen LogP contribution in [0.15, 0.2) is 36.4 Å². The van der Waals surface area contributed by atoms with E-state index in [9.17, 15) is 8.78 Å². The third-order valence-electron chi connectivity index (χ3n) is 2.32. The first-order chi connectivity index (χ1) is 8.63. The Morgan fingerprint density at radius 1 is 1.11 bits per heavy atom. The second kappa shape index (κ2) is 5.67. The molecule has 2 rings (SSSR count). The highest BCUT2D eigenvalue weighted by Crippen LogP contribution is 2.35. The van der Waals surface area contributed by atoms with E-state index < -0.39 is 11.6 Å². The zero-order chi connectivity index (χ0) is 13.1. The van der Waals surface area contributed by atoms with Gasteiger partial charge >= 0.3 is 0 Å². The molecular formula is C13H8BrClF2O. The Kier molecular flexibility index (Phi) is 4.19. The summed E-state index contributed by atoms with van der Waals surface area (Å²) in [6.07, 6.45) is 0. The number of hydrogen-bond acceptors (Lipinski definition) is 1. The molecule has 0 spiro atoms. The van der Waals surface area contributed by atoms with Gasteiger partial charge in [-0.05, 0) is 18.2 Å². The van der Waals surface area contributed by atoms with Gasteiger partial charge in [0.2, 0.25) is 5.82 Å². The van der Waals surface area contributed by atoms with Crippen molar-refractivity contribution in [2.75, 3.05) is 0 Å². The average Bonchev–Trinajstić information content (AvgIpc) is 2.37. The van der Waals surface area contributed by atoms with E-state index in [1.54, 1.807) is 18.2 Å². The van der Waals surface area contributed by atoms with Gasteiger partial charge in [0.1, 0.15) is 5.75 Å². The molecule has 5 heteroatoms. The Morgan fingerprint density at radius 3 is 2.56 bits per heavy atom. The molecule has 0 bridgehead atoms. The minimum absolute atomic E-state index is 0.190. The maximum atomic E-state index is 13.5. The van der Waals surface area contributed by atoms with Crippen LogP contribution in [0.3, 0.4) is 0 Å². The zero-order valence-electron chi connectivity index (χ0n) is 9.09. The second-order valence-corrected chi connectivity index (χ2v) is 4.48. The van der Waals surface area contributed by atoms with Gasteiger partial charge in [-0.2, -0.15) is 4.39 Å². The van der Waals surface area contributed by atoms with Crippen LogP contribution in [0.4, 0.5) is 8.78 Å². The third kappa shape index (κ3) is 2.65. The lowest BCUT2D eigenvalue weighted by molar-refractivity contribution is 0.414. The highest BCUT2D eigenvalue weighted by Gasteiger charge is 2.13. The summed E-state index contributed by atoms with van der Waals surface area (Å²) in [7, 11) is 0. The van der Waals surface area contributed by atoms with Gasteiger partial charge in [-0.1, -0.05) is 45.7 Å². The first kappa shape index (κ1) is 13.3. The summed E-state index contributed by atoms with van der Waals surface area (Å²) >= 11 is 9.27. The van der Waals surface area contributed by atoms with Crippen LogP contribution in [0, 0.1) is 11.6 Å². The van der Waals surface area contributed by atoms with Crippen LogP contribution in [-0.2, 0) is 5.33 Å². The van der Waals surface area contributed by atoms with Crippen molar-refractivity contribution in [2.24, 2.45) is 0 Å². The summed E-state index contributed by atoms with van der Waals surface area (Å²) in [6, 6.07) is 8.92. The molecule has 18 heavy (non-hydrogen) atoms. The minimum Gasteiger partial charge on any atom is -0.452 e. The second-order valence-electron chi connectivity index (χ2n) is 3.52. The van der Waals surface area contributed by atoms with Crippen LogP contribution < -0.4 is 4.74 Å². The smallest absolute Gasteiger partial charge is 0.201 e. The van der Waals surface area contributed by atoms with Gasteiger partial charge in [0, 0.05) is 10.9 Å². The van der Waals surface area contributed by atoms with Gasteiger partial charge in [-0.25, -0.2) is 4.39 Å². The Balaban J connectivity index is 2.43. The van der Waals surface area contributed by atoms with Gasteiger partial charge < -0.3 is 4.74 Å². The van der Waals surface area contributed by atoms with Crippen LogP contribution in [0.2, 0.25) is 5.02 Å². The Bertz CT molecular complexity index is 575. The molecule has 0 aliphatic carbocycles. The van der Waals surface area contributed by atoms with E-state index in [-0.39, 0.29) is 5.75 Å². The topological polar surface area (TPSA) is 9.23 Å². The van der Waals surface area contributed by atoms with Crippen LogP contribution in [-0.4, -0.2) is 0 Å². The van der Waals surface area contributed by atoms with E-state index >= 15 is 0 Å². The Hall–Kier alpha value is -1.13. The average molecular weight is 334 g/mol. The summed E-state index contributed by atoms with van der Waals surface area (Å²) in [5.74, 6) is -1.86. The van der Waals surface area contributed by atoms with E-state index in [2.05, 4.69) is 15.9 Å². The molecule has 0 atom stereocenters. The van der Waals surface area contributed by atoms with Crippen LogP contribution in [0.1, 0.15) is 5.56 Å². The lowest BCUT2D eigenvalue weighted by atomic mass is 10.2. The summed E-state index contributed by atoms with van der Waals surface area (Å²) in [6.45, 7) is 0. The molecule has 0 fully saturated rings. The fraction of sp³-hybridized carbons (Fsp3) is 0.0769. The van der Waals surface area contributed by atoms with E-state index in [0.29, 0.717) is 16.1 Å². The summed E-state index contributed by atoms with van der Waals surface area (Å²) in [5.41, 5.74) is 0.756. The third-order valence-corrected chi connectivity index (χ3v) is 3.22. The van der Waals surface area contributed by atoms with Crippen molar-refractivity contribution in [2.45, 2.75) is 5.33 Å². The largest absolute Gasteiger partial charge is 0.452 e. The molecule has 0 radical (unpaired) electrons. The normalized spacial score (nSPS) is 10.4. The minimum atomic E-state index is -1.03. The van der Waals surface area contributed by atoms with E-state index in [1.807, 2.05) is 0 Å². The maximum absolute atomic E-state index is 13.5. The van der Waals surface area contributed by atoms with E-state index in [4.69, 9.17) is 16.3 Å². The van der Waals surface area contributed by atoms with Gasteiger partial charge in [-0.3, -0.25) is 0 Å². The van der Waals surface area contributed by atoms with Crippen LogP contribution in [0.5, 0.6) is 11.5 Å². The molecule has 0 unspecified atom stereocenters. The predicted molar refractivity (Wildman–Crippen MR) is 70.5 cm³/mol. The van der Waals surface area contributed by atoms with E-state index in [0.717, 1.165) is 11.6 Å². The molecule has 0 saturated carbocycles. The molecule has 0 N–H and O–H groups in total. The number of halogens is 4. The molecule has 94 valence electrons. The first-order valence-corrected chi connectivity index (χ1v) is 6.58. The zero-order valence-corrected chi connectivity index (χ0v) is 11.4. The van der Waals surface area contributed by atoms with Crippen molar-refractivity contribution in [1.82, 2.24) is 0 Å². The highest BCUT2D eigenvalue weighted by molar-refractivity contribution is 9.08. The SMILES string of the molecule is Fc1cccc(Oc2c(Cl)cccc2CBr)c1F. The summed E-state index contributed by atoms with van der Waals surface area (Å²) in [5, 5.41) is 0.843. The molecule has 0 amide bonds. The fourth-order valence-electron chi connectivity index (χ4n) is 1.45. The van der Waals surface area contributed by atoms with Gasteiger partial charge in [0.25, 0.3) is 0 Å². The van der Waals surface area contributed by atoms with Crippen molar-refractivity contribution in [3.05, 3.63) is 58.6 Å². The predicted octanol–water partition coefficient (Wildman–Crippen LogP) is 5.31. The van der Waals surface area contributed by atoms with Crippen molar-refractivity contribution >= 4 is 27.5 Å². The van der Waals surface area contributed by atoms with Crippen molar-refractivity contribution in [3.63, 3.8) is 0 Å². The fourth-order valence-corrected chi connectivity index (χ4v) is 2.12. The number of rotatable bonds is 3. The number of para-hydroxylation sites is 1. The van der Waals surface area contributed by atoms with Crippen molar-refractivity contribution < 1.29 is 13.5 Å². The molecule has 2 aromatic carbocycles. The molecule has 1 nitrogen and oxygen atoms in total. The molecule has 0 heterocycles. The molecule has 0 aliphatic heterocycles. The molecule has 0 saturated heterocycles. The molecular weight excluding hydrogens is 325 g/mol. The van der Waals surface area contributed by atoms with E-state index in [1.165, 1.54) is 12.1 Å². The number of alkyl halides is 1. The number of hydrogen-bond donors (Lipinski definition) is 0. The van der Waals surface area contributed by atoms with Crippen LogP contribution >= 0.6 is 27.5 Å². The molecule has 2 aromatic rings. The quantitative estimate of drug-likeness (QED) is 0.692. The Labute approximate surface area is 116 Å². The van der Waals surface area contributed by atoms with Crippen LogP contribution in [0.25, 0.3) is 0 Å². The van der Waals surface area contributed by atoms with Gasteiger partial charge in [0.15, 0.2) is 11.6 Å². The van der Waals surface area contributed by atoms with Gasteiger partial charge in [-0.15, -0.1) is 0 Å². The maximum Gasteiger partial charge on any atom is 0.201 e. The van der Waals surface area contributed by atoms with Crippen molar-refractivity contribution in [1.29, 1.82) is 0 Å². The summed E-state index contributed by atoms with van der Waals surface area (Å²) < 4.78 is 31.9. The lowest BCUT2D eigenvalue weighted by Crippen LogP contribution is -1.94. The standard InChI is InChI=1S/C13H8BrClF2O/c14-7-8-3-1-4-9(15)13(8)18-11-6-2-5-10(16)12(11)17/h1-6H,7H2.